The molecule has 0 N–H and O–H groups in total. The quantitative estimate of drug-likeness (QED) is 0.0815. The summed E-state index contributed by atoms with van der Waals surface area (Å²) in [6.07, 6.45) is 11.6. The van der Waals surface area contributed by atoms with E-state index in [4.69, 9.17) is 23.7 Å². The first kappa shape index (κ1) is 33.6. The average Bonchev–Trinajstić information content (AvgIpc) is 2.99. The third kappa shape index (κ3) is 14.5. The van der Waals surface area contributed by atoms with Crippen LogP contribution in [0.25, 0.3) is 0 Å². The summed E-state index contributed by atoms with van der Waals surface area (Å²) in [5.41, 5.74) is 0.465. The standard InChI is InChI=1S/C32H44O9/c1-3-29(33)38-22-10-6-5-9-21-37-27-17-13-26(14-18-27)32(36)41-28-19-15-25(16-20-28)31(35)40-24-12-8-7-11-23-39-30(34)4-2/h3-4,13-14,17-18,25,28H,1-2,5-12,15-16,19-24H2. The van der Waals surface area contributed by atoms with E-state index in [0.717, 1.165) is 63.5 Å². The number of rotatable bonds is 20. The summed E-state index contributed by atoms with van der Waals surface area (Å²) < 4.78 is 26.7. The highest BCUT2D eigenvalue weighted by atomic mass is 16.5. The van der Waals surface area contributed by atoms with E-state index in [9.17, 15) is 19.2 Å². The minimum atomic E-state index is -0.411. The Morgan fingerprint density at radius 3 is 1.66 bits per heavy atom. The Kier molecular flexibility index (Phi) is 16.6. The summed E-state index contributed by atoms with van der Waals surface area (Å²) in [5, 5.41) is 0. The molecule has 9 heteroatoms. The molecule has 0 spiro atoms. The molecule has 1 aliphatic carbocycles. The van der Waals surface area contributed by atoms with Crippen molar-refractivity contribution in [1.82, 2.24) is 0 Å². The van der Waals surface area contributed by atoms with Gasteiger partial charge in [0, 0.05) is 12.2 Å². The van der Waals surface area contributed by atoms with Crippen molar-refractivity contribution >= 4 is 23.9 Å². The predicted molar refractivity (Wildman–Crippen MR) is 153 cm³/mol. The molecule has 0 unspecified atom stereocenters. The van der Waals surface area contributed by atoms with Crippen molar-refractivity contribution in [3.63, 3.8) is 0 Å². The van der Waals surface area contributed by atoms with Gasteiger partial charge in [0.05, 0.1) is 37.9 Å². The third-order valence-corrected chi connectivity index (χ3v) is 6.78. The van der Waals surface area contributed by atoms with Gasteiger partial charge in [-0.2, -0.15) is 0 Å². The Bertz CT molecular complexity index is 962. The van der Waals surface area contributed by atoms with Crippen molar-refractivity contribution in [2.45, 2.75) is 83.2 Å². The first-order chi connectivity index (χ1) is 19.9. The molecule has 0 amide bonds. The van der Waals surface area contributed by atoms with Gasteiger partial charge in [-0.1, -0.05) is 13.2 Å². The van der Waals surface area contributed by atoms with Crippen LogP contribution in [-0.2, 0) is 33.3 Å². The highest BCUT2D eigenvalue weighted by Gasteiger charge is 2.29. The molecule has 0 saturated heterocycles. The minimum Gasteiger partial charge on any atom is -0.494 e. The maximum Gasteiger partial charge on any atom is 0.338 e. The number of unbranched alkanes of at least 4 members (excludes halogenated alkanes) is 6. The van der Waals surface area contributed by atoms with Crippen LogP contribution in [0.1, 0.15) is 87.4 Å². The van der Waals surface area contributed by atoms with Gasteiger partial charge in [-0.3, -0.25) is 4.79 Å². The number of esters is 4. The number of benzene rings is 1. The van der Waals surface area contributed by atoms with Crippen LogP contribution in [0.2, 0.25) is 0 Å². The molecular weight excluding hydrogens is 528 g/mol. The largest absolute Gasteiger partial charge is 0.494 e. The Morgan fingerprint density at radius 1 is 0.659 bits per heavy atom. The van der Waals surface area contributed by atoms with Gasteiger partial charge in [0.1, 0.15) is 11.9 Å². The number of ether oxygens (including phenoxy) is 5. The van der Waals surface area contributed by atoms with Crippen LogP contribution >= 0.6 is 0 Å². The lowest BCUT2D eigenvalue weighted by molar-refractivity contribution is -0.150. The zero-order valence-electron chi connectivity index (χ0n) is 24.0. The molecule has 9 nitrogen and oxygen atoms in total. The van der Waals surface area contributed by atoms with E-state index in [2.05, 4.69) is 13.2 Å². The molecule has 0 aliphatic heterocycles. The Labute approximate surface area is 243 Å². The second-order valence-electron chi connectivity index (χ2n) is 9.99. The van der Waals surface area contributed by atoms with Crippen LogP contribution in [0, 0.1) is 5.92 Å². The average molecular weight is 573 g/mol. The lowest BCUT2D eigenvalue weighted by atomic mass is 9.87. The molecule has 0 radical (unpaired) electrons. The molecule has 41 heavy (non-hydrogen) atoms. The molecule has 2 rings (SSSR count). The fourth-order valence-corrected chi connectivity index (χ4v) is 4.38. The normalized spacial score (nSPS) is 16.2. The summed E-state index contributed by atoms with van der Waals surface area (Å²) in [5.74, 6) is -0.832. The van der Waals surface area contributed by atoms with Crippen LogP contribution in [0.4, 0.5) is 0 Å². The van der Waals surface area contributed by atoms with E-state index < -0.39 is 11.9 Å². The van der Waals surface area contributed by atoms with E-state index in [-0.39, 0.29) is 24.0 Å². The lowest BCUT2D eigenvalue weighted by Gasteiger charge is -2.27. The molecule has 1 aromatic carbocycles. The van der Waals surface area contributed by atoms with Gasteiger partial charge >= 0.3 is 23.9 Å². The summed E-state index contributed by atoms with van der Waals surface area (Å²) in [6.45, 7) is 8.43. The van der Waals surface area contributed by atoms with Crippen LogP contribution in [0.3, 0.4) is 0 Å². The molecular formula is C32H44O9. The van der Waals surface area contributed by atoms with E-state index in [1.165, 1.54) is 0 Å². The van der Waals surface area contributed by atoms with E-state index >= 15 is 0 Å². The first-order valence-corrected chi connectivity index (χ1v) is 14.6. The minimum absolute atomic E-state index is 0.158. The van der Waals surface area contributed by atoms with Gasteiger partial charge < -0.3 is 23.7 Å². The molecule has 1 aromatic rings. The molecule has 0 aromatic heterocycles. The van der Waals surface area contributed by atoms with Crippen molar-refractivity contribution in [3.05, 3.63) is 55.1 Å². The van der Waals surface area contributed by atoms with Crippen molar-refractivity contribution in [2.24, 2.45) is 5.92 Å². The second kappa shape index (κ2) is 20.3. The second-order valence-corrected chi connectivity index (χ2v) is 9.99. The van der Waals surface area contributed by atoms with Crippen molar-refractivity contribution in [3.8, 4) is 5.75 Å². The topological polar surface area (TPSA) is 114 Å². The van der Waals surface area contributed by atoms with Crippen molar-refractivity contribution < 1.29 is 42.9 Å². The Hall–Kier alpha value is -3.62. The number of carbonyl (C=O) groups excluding carboxylic acids is 4. The Balaban J connectivity index is 1.53. The maximum atomic E-state index is 12.6. The molecule has 1 saturated carbocycles. The smallest absolute Gasteiger partial charge is 0.338 e. The predicted octanol–water partition coefficient (Wildman–Crippen LogP) is 5.90. The van der Waals surface area contributed by atoms with Gasteiger partial charge in [-0.15, -0.1) is 0 Å². The third-order valence-electron chi connectivity index (χ3n) is 6.78. The molecule has 0 atom stereocenters. The molecule has 0 bridgehead atoms. The van der Waals surface area contributed by atoms with Crippen LogP contribution in [0.5, 0.6) is 5.75 Å². The van der Waals surface area contributed by atoms with Crippen LogP contribution in [0.15, 0.2) is 49.6 Å². The lowest BCUT2D eigenvalue weighted by Crippen LogP contribution is -2.29. The van der Waals surface area contributed by atoms with Gasteiger partial charge in [-0.05, 0) is 101 Å². The van der Waals surface area contributed by atoms with Gasteiger partial charge in [0.2, 0.25) is 0 Å². The molecule has 226 valence electrons. The van der Waals surface area contributed by atoms with Gasteiger partial charge in [0.25, 0.3) is 0 Å². The summed E-state index contributed by atoms with van der Waals surface area (Å²) in [7, 11) is 0. The fraction of sp³-hybridized carbons (Fsp3) is 0.562. The SMILES string of the molecule is C=CC(=O)OCCCCCCOC(=O)C1CCC(OC(=O)c2ccc(OCCCCCCOC(=O)C=C)cc2)CC1. The molecule has 1 fully saturated rings. The monoisotopic (exact) mass is 572 g/mol. The van der Waals surface area contributed by atoms with E-state index in [1.54, 1.807) is 24.3 Å². The van der Waals surface area contributed by atoms with Gasteiger partial charge in [-0.25, -0.2) is 14.4 Å². The van der Waals surface area contributed by atoms with E-state index in [1.807, 2.05) is 0 Å². The number of hydrogen-bond acceptors (Lipinski definition) is 9. The highest BCUT2D eigenvalue weighted by molar-refractivity contribution is 5.89. The molecule has 1 aliphatic rings. The summed E-state index contributed by atoms with van der Waals surface area (Å²) >= 11 is 0. The van der Waals surface area contributed by atoms with E-state index in [0.29, 0.717) is 63.4 Å². The highest BCUT2D eigenvalue weighted by Crippen LogP contribution is 2.28. The number of hydrogen-bond donors (Lipinski definition) is 0. The van der Waals surface area contributed by atoms with Crippen molar-refractivity contribution in [1.29, 1.82) is 0 Å². The Morgan fingerprint density at radius 2 is 1.15 bits per heavy atom. The zero-order valence-corrected chi connectivity index (χ0v) is 24.0. The zero-order chi connectivity index (χ0) is 29.7. The summed E-state index contributed by atoms with van der Waals surface area (Å²) in [6, 6.07) is 6.91. The van der Waals surface area contributed by atoms with Crippen LogP contribution < -0.4 is 4.74 Å². The fourth-order valence-electron chi connectivity index (χ4n) is 4.38. The van der Waals surface area contributed by atoms with Crippen LogP contribution in [-0.4, -0.2) is 56.4 Å². The molecule has 0 heterocycles. The number of carbonyl (C=O) groups is 4. The first-order valence-electron chi connectivity index (χ1n) is 14.6. The van der Waals surface area contributed by atoms with Crippen molar-refractivity contribution in [2.75, 3.05) is 26.4 Å². The van der Waals surface area contributed by atoms with Gasteiger partial charge in [0.15, 0.2) is 0 Å². The maximum absolute atomic E-state index is 12.6. The summed E-state index contributed by atoms with van der Waals surface area (Å²) in [4.78, 5) is 46.9.